The van der Waals surface area contributed by atoms with Gasteiger partial charge in [-0.1, -0.05) is 13.0 Å². The van der Waals surface area contributed by atoms with E-state index in [0.717, 1.165) is 24.3 Å². The first kappa shape index (κ1) is 33.2. The third-order valence-corrected chi connectivity index (χ3v) is 7.83. The van der Waals surface area contributed by atoms with Crippen molar-refractivity contribution in [1.82, 2.24) is 9.80 Å². The van der Waals surface area contributed by atoms with E-state index in [4.69, 9.17) is 14.2 Å². The van der Waals surface area contributed by atoms with E-state index >= 15 is 0 Å². The summed E-state index contributed by atoms with van der Waals surface area (Å²) in [6.07, 6.45) is -5.23. The summed E-state index contributed by atoms with van der Waals surface area (Å²) >= 11 is 0. The molecule has 0 bridgehead atoms. The molecule has 0 aliphatic carbocycles. The molecule has 2 heterocycles. The van der Waals surface area contributed by atoms with Crippen LogP contribution in [-0.4, -0.2) is 78.6 Å². The number of halogens is 3. The zero-order valence-electron chi connectivity index (χ0n) is 25.8. The molecule has 0 unspecified atom stereocenters. The molecule has 2 aliphatic rings. The molecule has 5 amide bonds. The van der Waals surface area contributed by atoms with E-state index in [2.05, 4.69) is 16.0 Å². The standard InChI is InChI=1S/C32H34F3N5O7/c1-18-14-40(19(2)16-41)29(42)23-5-4-6-24(38-30(43)36-22-11-12-25-26(13-22)46-17-45-25)28(23)47-27(18)15-39(3)31(44)37-21-9-7-20(8-10-21)32(33,34)35/h4-13,18-19,27,41H,14-17H2,1-3H3,(H,37,44)(H2,36,38,43)/t18-,19+,27+/m0/s1. The lowest BCUT2D eigenvalue weighted by atomic mass is 9.99. The number of para-hydroxylation sites is 1. The third-order valence-electron chi connectivity index (χ3n) is 7.83. The largest absolute Gasteiger partial charge is 0.485 e. The maximum absolute atomic E-state index is 13.7. The van der Waals surface area contributed by atoms with Crippen molar-refractivity contribution in [3.8, 4) is 17.2 Å². The van der Waals surface area contributed by atoms with Gasteiger partial charge in [0.15, 0.2) is 17.2 Å². The Bertz CT molecular complexity index is 1640. The van der Waals surface area contributed by atoms with Gasteiger partial charge >= 0.3 is 18.2 Å². The summed E-state index contributed by atoms with van der Waals surface area (Å²) < 4.78 is 55.9. The van der Waals surface area contributed by atoms with Crippen LogP contribution in [0.3, 0.4) is 0 Å². The Balaban J connectivity index is 1.37. The topological polar surface area (TPSA) is 142 Å². The monoisotopic (exact) mass is 657 g/mol. The second kappa shape index (κ2) is 13.7. The summed E-state index contributed by atoms with van der Waals surface area (Å²) in [5, 5.41) is 17.9. The van der Waals surface area contributed by atoms with Gasteiger partial charge < -0.3 is 45.1 Å². The van der Waals surface area contributed by atoms with Crippen LogP contribution in [0, 0.1) is 5.92 Å². The first-order valence-electron chi connectivity index (χ1n) is 14.7. The quantitative estimate of drug-likeness (QED) is 0.264. The van der Waals surface area contributed by atoms with E-state index in [1.54, 1.807) is 43.3 Å². The summed E-state index contributed by atoms with van der Waals surface area (Å²) in [4.78, 5) is 42.7. The smallest absolute Gasteiger partial charge is 0.416 e. The van der Waals surface area contributed by atoms with Crippen LogP contribution in [0.25, 0.3) is 0 Å². The second-order valence-electron chi connectivity index (χ2n) is 11.3. The molecule has 0 fully saturated rings. The minimum Gasteiger partial charge on any atom is -0.485 e. The molecule has 0 saturated carbocycles. The zero-order chi connectivity index (χ0) is 33.9. The van der Waals surface area contributed by atoms with Crippen LogP contribution in [-0.2, 0) is 6.18 Å². The molecule has 47 heavy (non-hydrogen) atoms. The highest BCUT2D eigenvalue weighted by molar-refractivity contribution is 6.04. The van der Waals surface area contributed by atoms with Crippen LogP contribution in [0.2, 0.25) is 0 Å². The highest BCUT2D eigenvalue weighted by Gasteiger charge is 2.35. The van der Waals surface area contributed by atoms with E-state index < -0.39 is 41.9 Å². The third kappa shape index (κ3) is 7.62. The molecule has 0 spiro atoms. The van der Waals surface area contributed by atoms with Gasteiger partial charge in [-0.3, -0.25) is 4.79 Å². The number of nitrogens with one attached hydrogen (secondary N) is 3. The number of amides is 5. The highest BCUT2D eigenvalue weighted by Crippen LogP contribution is 2.37. The fourth-order valence-electron chi connectivity index (χ4n) is 5.13. The number of nitrogens with zero attached hydrogens (tertiary/aromatic N) is 2. The highest BCUT2D eigenvalue weighted by atomic mass is 19.4. The number of anilines is 3. The zero-order valence-corrected chi connectivity index (χ0v) is 25.8. The summed E-state index contributed by atoms with van der Waals surface area (Å²) in [6, 6.07) is 11.9. The number of fused-ring (bicyclic) bond motifs is 2. The Morgan fingerprint density at radius 3 is 2.43 bits per heavy atom. The van der Waals surface area contributed by atoms with Gasteiger partial charge in [0.1, 0.15) is 6.10 Å². The number of benzene rings is 3. The number of alkyl halides is 3. The molecule has 3 aromatic carbocycles. The molecule has 3 aromatic rings. The number of hydrogen-bond acceptors (Lipinski definition) is 7. The van der Waals surface area contributed by atoms with E-state index in [1.807, 2.05) is 6.92 Å². The lowest BCUT2D eigenvalue weighted by molar-refractivity contribution is -0.137. The Labute approximate surface area is 268 Å². The van der Waals surface area contributed by atoms with E-state index in [0.29, 0.717) is 17.2 Å². The molecule has 12 nitrogen and oxygen atoms in total. The molecule has 2 aliphatic heterocycles. The SMILES string of the molecule is C[C@H](CO)N1C[C@H](C)[C@@H](CN(C)C(=O)Nc2ccc(C(F)(F)F)cc2)Oc2c(NC(=O)Nc3ccc4c(c3)OCO4)cccc2C1=O. The molecule has 3 atom stereocenters. The van der Waals surface area contributed by atoms with Gasteiger partial charge in [-0.2, -0.15) is 13.2 Å². The summed E-state index contributed by atoms with van der Waals surface area (Å²) in [7, 11) is 1.50. The van der Waals surface area contributed by atoms with E-state index in [-0.39, 0.29) is 55.1 Å². The summed E-state index contributed by atoms with van der Waals surface area (Å²) in [5.41, 5.74) is 0.0732. The van der Waals surface area contributed by atoms with Crippen LogP contribution < -0.4 is 30.2 Å². The number of carbonyl (C=O) groups is 3. The average Bonchev–Trinajstić information content (AvgIpc) is 3.50. The van der Waals surface area contributed by atoms with Crippen molar-refractivity contribution in [3.63, 3.8) is 0 Å². The van der Waals surface area contributed by atoms with Crippen molar-refractivity contribution < 1.29 is 46.9 Å². The first-order valence-corrected chi connectivity index (χ1v) is 14.7. The summed E-state index contributed by atoms with van der Waals surface area (Å²) in [6.45, 7) is 3.48. The van der Waals surface area contributed by atoms with Gasteiger partial charge in [-0.25, -0.2) is 9.59 Å². The van der Waals surface area contributed by atoms with Gasteiger partial charge in [0, 0.05) is 37.0 Å². The number of aliphatic hydroxyl groups is 1. The van der Waals surface area contributed by atoms with Crippen molar-refractivity contribution in [1.29, 1.82) is 0 Å². The first-order chi connectivity index (χ1) is 22.3. The lowest BCUT2D eigenvalue weighted by Gasteiger charge is -2.38. The van der Waals surface area contributed by atoms with Crippen LogP contribution >= 0.6 is 0 Å². The van der Waals surface area contributed by atoms with E-state index in [1.165, 1.54) is 16.8 Å². The van der Waals surface area contributed by atoms with Gasteiger partial charge in [0.25, 0.3) is 5.91 Å². The number of likely N-dealkylation sites (N-methyl/N-ethyl adjacent to an activating group) is 1. The lowest BCUT2D eigenvalue weighted by Crippen LogP contribution is -2.50. The molecule has 0 radical (unpaired) electrons. The normalized spacial score (nSPS) is 17.9. The van der Waals surface area contributed by atoms with Crippen molar-refractivity contribution in [3.05, 3.63) is 71.8 Å². The molecule has 4 N–H and O–H groups in total. The van der Waals surface area contributed by atoms with Gasteiger partial charge in [0.05, 0.1) is 36.0 Å². The maximum Gasteiger partial charge on any atom is 0.416 e. The van der Waals surface area contributed by atoms with Crippen LogP contribution in [0.4, 0.5) is 39.8 Å². The van der Waals surface area contributed by atoms with Crippen molar-refractivity contribution >= 4 is 35.0 Å². The number of hydrogen-bond donors (Lipinski definition) is 4. The van der Waals surface area contributed by atoms with Crippen LogP contribution in [0.5, 0.6) is 17.2 Å². The van der Waals surface area contributed by atoms with Gasteiger partial charge in [-0.05, 0) is 55.5 Å². The molecule has 5 rings (SSSR count). The molecular formula is C32H34F3N5O7. The summed E-state index contributed by atoms with van der Waals surface area (Å²) in [5.74, 6) is 0.301. The molecular weight excluding hydrogens is 623 g/mol. The fourth-order valence-corrected chi connectivity index (χ4v) is 5.13. The molecule has 0 saturated heterocycles. The second-order valence-corrected chi connectivity index (χ2v) is 11.3. The number of rotatable bonds is 7. The van der Waals surface area contributed by atoms with Crippen molar-refractivity contribution in [2.75, 3.05) is 49.5 Å². The Kier molecular flexibility index (Phi) is 9.65. The number of carbonyl (C=O) groups excluding carboxylic acids is 3. The maximum atomic E-state index is 13.7. The van der Waals surface area contributed by atoms with Crippen molar-refractivity contribution in [2.24, 2.45) is 5.92 Å². The van der Waals surface area contributed by atoms with Crippen molar-refractivity contribution in [2.45, 2.75) is 32.2 Å². The van der Waals surface area contributed by atoms with Gasteiger partial charge in [-0.15, -0.1) is 0 Å². The predicted octanol–water partition coefficient (Wildman–Crippen LogP) is 5.46. The van der Waals surface area contributed by atoms with Crippen LogP contribution in [0.15, 0.2) is 60.7 Å². The Hall–Kier alpha value is -5.18. The minimum atomic E-state index is -4.51. The van der Waals surface area contributed by atoms with Crippen LogP contribution in [0.1, 0.15) is 29.8 Å². The average molecular weight is 658 g/mol. The predicted molar refractivity (Wildman–Crippen MR) is 166 cm³/mol. The number of aliphatic hydroxyl groups excluding tert-OH is 1. The molecule has 15 heteroatoms. The van der Waals surface area contributed by atoms with E-state index in [9.17, 15) is 32.7 Å². The Morgan fingerprint density at radius 1 is 1.02 bits per heavy atom. The molecule has 0 aromatic heterocycles. The minimum absolute atomic E-state index is 0.000336. The fraction of sp³-hybridized carbons (Fsp3) is 0.344. The van der Waals surface area contributed by atoms with Gasteiger partial charge in [0.2, 0.25) is 6.79 Å². The number of urea groups is 2. The Morgan fingerprint density at radius 2 is 1.72 bits per heavy atom. The molecule has 250 valence electrons. The number of ether oxygens (including phenoxy) is 3.